The highest BCUT2D eigenvalue weighted by atomic mass is 35.5. The maximum absolute atomic E-state index is 10.6. The van der Waals surface area contributed by atoms with Crippen LogP contribution in [0, 0.1) is 0 Å². The standard InChI is InChI=1S/C13H15ClN2OS/c1-12(2)9-5-3-4-6-10(9)15-11-16(12)13(17,7-14)8-18-11/h3-6,17H,7-8H2,1-2H3. The molecule has 3 nitrogen and oxygen atoms in total. The Balaban J connectivity index is 2.19. The lowest BCUT2D eigenvalue weighted by Crippen LogP contribution is -2.58. The van der Waals surface area contributed by atoms with Gasteiger partial charge in [0.2, 0.25) is 0 Å². The molecule has 2 aliphatic heterocycles. The average Bonchev–Trinajstić information content (AvgIpc) is 2.69. The molecule has 1 aromatic rings. The molecule has 5 heteroatoms. The highest BCUT2D eigenvalue weighted by Crippen LogP contribution is 2.48. The number of para-hydroxylation sites is 1. The molecule has 0 bridgehead atoms. The number of amidine groups is 1. The predicted octanol–water partition coefficient (Wildman–Crippen LogP) is 2.90. The van der Waals surface area contributed by atoms with E-state index in [1.54, 1.807) is 11.8 Å². The minimum atomic E-state index is -1.01. The highest BCUT2D eigenvalue weighted by Gasteiger charge is 2.52. The molecule has 0 amide bonds. The molecule has 0 radical (unpaired) electrons. The predicted molar refractivity (Wildman–Crippen MR) is 76.5 cm³/mol. The minimum Gasteiger partial charge on any atom is -0.369 e. The van der Waals surface area contributed by atoms with E-state index in [4.69, 9.17) is 11.6 Å². The van der Waals surface area contributed by atoms with E-state index < -0.39 is 5.72 Å². The van der Waals surface area contributed by atoms with Crippen LogP contribution in [-0.2, 0) is 5.54 Å². The summed E-state index contributed by atoms with van der Waals surface area (Å²) in [5.41, 5.74) is 0.794. The maximum Gasteiger partial charge on any atom is 0.167 e. The molecule has 0 saturated carbocycles. The van der Waals surface area contributed by atoms with Gasteiger partial charge in [0.15, 0.2) is 10.9 Å². The molecule has 2 aliphatic rings. The molecule has 1 atom stereocenters. The summed E-state index contributed by atoms with van der Waals surface area (Å²) in [4.78, 5) is 6.59. The van der Waals surface area contributed by atoms with E-state index in [0.29, 0.717) is 5.75 Å². The molecule has 1 N–H and O–H groups in total. The first-order chi connectivity index (χ1) is 8.49. The number of fused-ring (bicyclic) bond motifs is 2. The van der Waals surface area contributed by atoms with Crippen molar-refractivity contribution >= 4 is 34.2 Å². The lowest BCUT2D eigenvalue weighted by molar-refractivity contribution is -0.0686. The molecular weight excluding hydrogens is 268 g/mol. The van der Waals surface area contributed by atoms with E-state index in [0.717, 1.165) is 16.4 Å². The average molecular weight is 283 g/mol. The summed E-state index contributed by atoms with van der Waals surface area (Å²) >= 11 is 7.53. The van der Waals surface area contributed by atoms with Gasteiger partial charge in [-0.3, -0.25) is 0 Å². The van der Waals surface area contributed by atoms with Gasteiger partial charge in [0.25, 0.3) is 0 Å². The van der Waals surface area contributed by atoms with Crippen LogP contribution >= 0.6 is 23.4 Å². The fraction of sp³-hybridized carbons (Fsp3) is 0.462. The molecule has 0 aliphatic carbocycles. The highest BCUT2D eigenvalue weighted by molar-refractivity contribution is 8.14. The zero-order valence-electron chi connectivity index (χ0n) is 10.4. The second-order valence-electron chi connectivity index (χ2n) is 5.21. The minimum absolute atomic E-state index is 0.185. The first kappa shape index (κ1) is 12.3. The van der Waals surface area contributed by atoms with Crippen molar-refractivity contribution in [2.75, 3.05) is 11.6 Å². The number of alkyl halides is 1. The summed E-state index contributed by atoms with van der Waals surface area (Å²) in [5.74, 6) is 0.747. The van der Waals surface area contributed by atoms with Crippen molar-refractivity contribution in [3.63, 3.8) is 0 Å². The number of rotatable bonds is 1. The number of nitrogens with zero attached hydrogens (tertiary/aromatic N) is 2. The number of aliphatic imine (C=N–C) groups is 1. The number of halogens is 1. The Hall–Kier alpha value is -0.710. The summed E-state index contributed by atoms with van der Waals surface area (Å²) in [6.45, 7) is 4.20. The monoisotopic (exact) mass is 282 g/mol. The molecule has 18 heavy (non-hydrogen) atoms. The molecule has 1 aromatic carbocycles. The third-order valence-corrected chi connectivity index (χ3v) is 5.16. The normalized spacial score (nSPS) is 28.7. The van der Waals surface area contributed by atoms with Crippen LogP contribution in [0.15, 0.2) is 29.3 Å². The maximum atomic E-state index is 10.6. The van der Waals surface area contributed by atoms with E-state index in [1.807, 2.05) is 23.1 Å². The van der Waals surface area contributed by atoms with Crippen molar-refractivity contribution in [3.8, 4) is 0 Å². The third-order valence-electron chi connectivity index (χ3n) is 3.59. The van der Waals surface area contributed by atoms with E-state index >= 15 is 0 Å². The Labute approximate surface area is 116 Å². The van der Waals surface area contributed by atoms with Gasteiger partial charge in [-0.15, -0.1) is 11.6 Å². The summed E-state index contributed by atoms with van der Waals surface area (Å²) in [5, 5.41) is 11.5. The SMILES string of the molecule is CC1(C)c2ccccc2N=C2SCC(O)(CCl)N21. The quantitative estimate of drug-likeness (QED) is 0.805. The van der Waals surface area contributed by atoms with E-state index in [2.05, 4.69) is 24.9 Å². The van der Waals surface area contributed by atoms with E-state index in [1.165, 1.54) is 0 Å². The van der Waals surface area contributed by atoms with Gasteiger partial charge >= 0.3 is 0 Å². The summed E-state index contributed by atoms with van der Waals surface area (Å²) in [6.07, 6.45) is 0. The topological polar surface area (TPSA) is 35.8 Å². The van der Waals surface area contributed by atoms with Gasteiger partial charge in [-0.2, -0.15) is 0 Å². The number of hydrogen-bond acceptors (Lipinski definition) is 4. The molecule has 0 spiro atoms. The molecule has 96 valence electrons. The van der Waals surface area contributed by atoms with Gasteiger partial charge < -0.3 is 10.0 Å². The van der Waals surface area contributed by atoms with Crippen molar-refractivity contribution in [1.29, 1.82) is 0 Å². The number of thioether (sulfide) groups is 1. The van der Waals surface area contributed by atoms with Gasteiger partial charge in [0.1, 0.15) is 0 Å². The molecule has 1 saturated heterocycles. The molecular formula is C13H15ClN2OS. The van der Waals surface area contributed by atoms with Crippen LogP contribution in [0.3, 0.4) is 0 Å². The van der Waals surface area contributed by atoms with Crippen molar-refractivity contribution in [3.05, 3.63) is 29.8 Å². The van der Waals surface area contributed by atoms with Crippen molar-refractivity contribution < 1.29 is 5.11 Å². The van der Waals surface area contributed by atoms with Crippen molar-refractivity contribution in [2.24, 2.45) is 4.99 Å². The largest absolute Gasteiger partial charge is 0.369 e. The van der Waals surface area contributed by atoms with E-state index in [9.17, 15) is 5.11 Å². The van der Waals surface area contributed by atoms with Crippen LogP contribution in [0.1, 0.15) is 19.4 Å². The zero-order chi connectivity index (χ0) is 13.0. The van der Waals surface area contributed by atoms with Crippen LogP contribution in [-0.4, -0.2) is 32.5 Å². The van der Waals surface area contributed by atoms with Crippen molar-refractivity contribution in [2.45, 2.75) is 25.1 Å². The van der Waals surface area contributed by atoms with Crippen LogP contribution in [0.25, 0.3) is 0 Å². The first-order valence-corrected chi connectivity index (χ1v) is 7.41. The number of aliphatic hydroxyl groups is 1. The Kier molecular flexibility index (Phi) is 2.66. The van der Waals surface area contributed by atoms with Gasteiger partial charge in [-0.25, -0.2) is 4.99 Å². The van der Waals surface area contributed by atoms with Crippen LogP contribution < -0.4 is 0 Å². The van der Waals surface area contributed by atoms with Crippen LogP contribution in [0.2, 0.25) is 0 Å². The molecule has 1 fully saturated rings. The third kappa shape index (κ3) is 1.52. The number of benzene rings is 1. The first-order valence-electron chi connectivity index (χ1n) is 5.89. The zero-order valence-corrected chi connectivity index (χ0v) is 11.9. The van der Waals surface area contributed by atoms with Crippen LogP contribution in [0.5, 0.6) is 0 Å². The van der Waals surface area contributed by atoms with Crippen molar-refractivity contribution in [1.82, 2.24) is 4.90 Å². The summed E-state index contributed by atoms with van der Waals surface area (Å²) < 4.78 is 0. The molecule has 3 rings (SSSR count). The second kappa shape index (κ2) is 3.89. The Morgan fingerprint density at radius 3 is 2.89 bits per heavy atom. The van der Waals surface area contributed by atoms with Gasteiger partial charge in [0, 0.05) is 5.56 Å². The lowest BCUT2D eigenvalue weighted by atomic mass is 9.88. The van der Waals surface area contributed by atoms with Gasteiger partial charge in [-0.05, 0) is 19.9 Å². The fourth-order valence-electron chi connectivity index (χ4n) is 2.74. The second-order valence-corrected chi connectivity index (χ2v) is 6.42. The Morgan fingerprint density at radius 2 is 2.17 bits per heavy atom. The summed E-state index contributed by atoms with van der Waals surface area (Å²) in [6, 6.07) is 8.07. The van der Waals surface area contributed by atoms with Crippen LogP contribution in [0.4, 0.5) is 5.69 Å². The van der Waals surface area contributed by atoms with Gasteiger partial charge in [0.05, 0.1) is 22.9 Å². The van der Waals surface area contributed by atoms with E-state index in [-0.39, 0.29) is 11.4 Å². The smallest absolute Gasteiger partial charge is 0.167 e. The number of hydrogen-bond donors (Lipinski definition) is 1. The van der Waals surface area contributed by atoms with Gasteiger partial charge in [-0.1, -0.05) is 30.0 Å². The Morgan fingerprint density at radius 1 is 1.44 bits per heavy atom. The summed E-state index contributed by atoms with van der Waals surface area (Å²) in [7, 11) is 0. The molecule has 1 unspecified atom stereocenters. The lowest BCUT2D eigenvalue weighted by Gasteiger charge is -2.47. The molecule has 2 heterocycles. The Bertz CT molecular complexity index is 531. The fourth-order valence-corrected chi connectivity index (χ4v) is 4.35. The molecule has 0 aromatic heterocycles.